The molecule has 0 radical (unpaired) electrons. The molecular formula is C12H30O3Si3. The SMILES string of the molecule is CCC(C)[SiH]1O[SiH](C(C)CC)O[SiH](C(C)CC)O1. The van der Waals surface area contributed by atoms with Crippen LogP contribution in [0.5, 0.6) is 0 Å². The van der Waals surface area contributed by atoms with Crippen LogP contribution in [0, 0.1) is 0 Å². The molecule has 3 nitrogen and oxygen atoms in total. The molecule has 0 aromatic carbocycles. The van der Waals surface area contributed by atoms with E-state index in [1.165, 1.54) is 19.3 Å². The smallest absolute Gasteiger partial charge is 0.306 e. The Morgan fingerprint density at radius 2 is 0.833 bits per heavy atom. The van der Waals surface area contributed by atoms with Crippen molar-refractivity contribution >= 4 is 27.9 Å². The molecule has 1 saturated heterocycles. The van der Waals surface area contributed by atoms with Crippen LogP contribution in [-0.2, 0) is 12.3 Å². The molecular weight excluding hydrogens is 276 g/mol. The Hall–Kier alpha value is 0.531. The first-order valence-corrected chi connectivity index (χ1v) is 12.3. The zero-order chi connectivity index (χ0) is 13.7. The minimum absolute atomic E-state index is 0.618. The number of hydrogen-bond acceptors (Lipinski definition) is 3. The summed E-state index contributed by atoms with van der Waals surface area (Å²) < 4.78 is 18.9. The van der Waals surface area contributed by atoms with Gasteiger partial charge in [-0.05, 0) is 16.6 Å². The Balaban J connectivity index is 2.71. The van der Waals surface area contributed by atoms with Gasteiger partial charge in [0.15, 0.2) is 0 Å². The molecule has 0 aromatic heterocycles. The van der Waals surface area contributed by atoms with Gasteiger partial charge < -0.3 is 12.3 Å². The lowest BCUT2D eigenvalue weighted by atomic mass is 10.4. The minimum Gasteiger partial charge on any atom is -0.420 e. The predicted molar refractivity (Wildman–Crippen MR) is 83.8 cm³/mol. The van der Waals surface area contributed by atoms with Gasteiger partial charge in [-0.3, -0.25) is 0 Å². The van der Waals surface area contributed by atoms with Crippen molar-refractivity contribution in [2.24, 2.45) is 0 Å². The maximum absolute atomic E-state index is 6.28. The van der Waals surface area contributed by atoms with Crippen molar-refractivity contribution in [2.75, 3.05) is 0 Å². The fourth-order valence-corrected chi connectivity index (χ4v) is 15.1. The van der Waals surface area contributed by atoms with Gasteiger partial charge in [0.2, 0.25) is 0 Å². The molecule has 0 saturated carbocycles. The summed E-state index contributed by atoms with van der Waals surface area (Å²) >= 11 is 0. The van der Waals surface area contributed by atoms with Crippen molar-refractivity contribution in [2.45, 2.75) is 77.4 Å². The molecule has 1 aliphatic heterocycles. The van der Waals surface area contributed by atoms with Crippen LogP contribution < -0.4 is 0 Å². The van der Waals surface area contributed by atoms with E-state index in [4.69, 9.17) is 12.3 Å². The maximum Gasteiger partial charge on any atom is 0.306 e. The van der Waals surface area contributed by atoms with Crippen molar-refractivity contribution in [1.82, 2.24) is 0 Å². The molecule has 1 aliphatic rings. The van der Waals surface area contributed by atoms with E-state index in [0.717, 1.165) is 0 Å². The topological polar surface area (TPSA) is 27.7 Å². The van der Waals surface area contributed by atoms with Crippen molar-refractivity contribution in [1.29, 1.82) is 0 Å². The highest BCUT2D eigenvalue weighted by Gasteiger charge is 2.40. The van der Waals surface area contributed by atoms with Gasteiger partial charge in [0.25, 0.3) is 0 Å². The summed E-state index contributed by atoms with van der Waals surface area (Å²) in [6.07, 6.45) is 3.50. The van der Waals surface area contributed by atoms with Crippen LogP contribution in [0.15, 0.2) is 0 Å². The predicted octanol–water partition coefficient (Wildman–Crippen LogP) is 3.11. The zero-order valence-corrected chi connectivity index (χ0v) is 16.3. The summed E-state index contributed by atoms with van der Waals surface area (Å²) in [6, 6.07) is 0. The van der Waals surface area contributed by atoms with Crippen LogP contribution in [0.4, 0.5) is 0 Å². The van der Waals surface area contributed by atoms with Crippen LogP contribution in [0.25, 0.3) is 0 Å². The Labute approximate surface area is 118 Å². The molecule has 1 rings (SSSR count). The Morgan fingerprint density at radius 1 is 0.611 bits per heavy atom. The van der Waals surface area contributed by atoms with Crippen LogP contribution in [0.1, 0.15) is 60.8 Å². The molecule has 1 heterocycles. The van der Waals surface area contributed by atoms with Gasteiger partial charge in [0.05, 0.1) is 0 Å². The van der Waals surface area contributed by atoms with Gasteiger partial charge in [-0.1, -0.05) is 60.8 Å². The fourth-order valence-electron chi connectivity index (χ4n) is 1.87. The second kappa shape index (κ2) is 7.96. The van der Waals surface area contributed by atoms with E-state index in [1.807, 2.05) is 0 Å². The minimum atomic E-state index is -1.48. The highest BCUT2D eigenvalue weighted by molar-refractivity contribution is 6.75. The molecule has 0 amide bonds. The fraction of sp³-hybridized carbons (Fsp3) is 1.00. The van der Waals surface area contributed by atoms with Crippen molar-refractivity contribution in [3.8, 4) is 0 Å². The Morgan fingerprint density at radius 3 is 1.00 bits per heavy atom. The van der Waals surface area contributed by atoms with Gasteiger partial charge in [0.1, 0.15) is 0 Å². The van der Waals surface area contributed by atoms with E-state index in [1.54, 1.807) is 0 Å². The third-order valence-corrected chi connectivity index (χ3v) is 14.8. The third-order valence-electron chi connectivity index (χ3n) is 4.13. The van der Waals surface area contributed by atoms with E-state index < -0.39 is 27.9 Å². The Kier molecular flexibility index (Phi) is 7.33. The van der Waals surface area contributed by atoms with Crippen molar-refractivity contribution in [3.63, 3.8) is 0 Å². The summed E-state index contributed by atoms with van der Waals surface area (Å²) in [5.74, 6) is 0. The molecule has 1 fully saturated rings. The summed E-state index contributed by atoms with van der Waals surface area (Å²) in [6.45, 7) is 13.6. The highest BCUT2D eigenvalue weighted by Crippen LogP contribution is 2.31. The van der Waals surface area contributed by atoms with Crippen molar-refractivity contribution < 1.29 is 12.3 Å². The van der Waals surface area contributed by atoms with E-state index in [9.17, 15) is 0 Å². The number of hydrogen-bond donors (Lipinski definition) is 0. The van der Waals surface area contributed by atoms with Gasteiger partial charge in [-0.2, -0.15) is 0 Å². The van der Waals surface area contributed by atoms with E-state index in [2.05, 4.69) is 41.5 Å². The number of rotatable bonds is 6. The molecule has 0 spiro atoms. The summed E-state index contributed by atoms with van der Waals surface area (Å²) in [7, 11) is -4.43. The van der Waals surface area contributed by atoms with E-state index >= 15 is 0 Å². The van der Waals surface area contributed by atoms with Gasteiger partial charge >= 0.3 is 27.9 Å². The van der Waals surface area contributed by atoms with Crippen LogP contribution in [0.2, 0.25) is 16.6 Å². The highest BCUT2D eigenvalue weighted by atomic mass is 28.5. The first-order valence-electron chi connectivity index (χ1n) is 7.49. The van der Waals surface area contributed by atoms with Gasteiger partial charge in [-0.15, -0.1) is 0 Å². The first kappa shape index (κ1) is 16.6. The van der Waals surface area contributed by atoms with Crippen LogP contribution >= 0.6 is 0 Å². The molecule has 3 atom stereocenters. The monoisotopic (exact) mass is 306 g/mol. The van der Waals surface area contributed by atoms with Crippen LogP contribution in [0.3, 0.4) is 0 Å². The third kappa shape index (κ3) is 4.28. The van der Waals surface area contributed by atoms with Gasteiger partial charge in [-0.25, -0.2) is 0 Å². The lowest BCUT2D eigenvalue weighted by Gasteiger charge is -2.40. The quantitative estimate of drug-likeness (QED) is 0.706. The molecule has 108 valence electrons. The summed E-state index contributed by atoms with van der Waals surface area (Å²) in [5, 5.41) is 0. The normalized spacial score (nSPS) is 34.0. The summed E-state index contributed by atoms with van der Waals surface area (Å²) in [5.41, 5.74) is 1.85. The van der Waals surface area contributed by atoms with Gasteiger partial charge in [0, 0.05) is 0 Å². The molecule has 0 aliphatic carbocycles. The standard InChI is InChI=1S/C12H30O3Si3/c1-7-10(4)16-13-17(11(5)8-2)15-18(14-16)12(6)9-3/h10-12,16-18H,7-9H2,1-6H3. The molecule has 0 N–H and O–H groups in total. The Bertz CT molecular complexity index is 199. The van der Waals surface area contributed by atoms with E-state index in [-0.39, 0.29) is 0 Å². The maximum atomic E-state index is 6.28. The molecule has 0 aromatic rings. The summed E-state index contributed by atoms with van der Waals surface area (Å²) in [4.78, 5) is 0. The second-order valence-corrected chi connectivity index (χ2v) is 14.6. The molecule has 18 heavy (non-hydrogen) atoms. The molecule has 0 bridgehead atoms. The largest absolute Gasteiger partial charge is 0.420 e. The lowest BCUT2D eigenvalue weighted by Crippen LogP contribution is -2.52. The average Bonchev–Trinajstić information content (AvgIpc) is 2.43. The van der Waals surface area contributed by atoms with E-state index in [0.29, 0.717) is 16.6 Å². The van der Waals surface area contributed by atoms with Crippen molar-refractivity contribution in [3.05, 3.63) is 0 Å². The molecule has 6 heteroatoms. The average molecular weight is 307 g/mol. The lowest BCUT2D eigenvalue weighted by molar-refractivity contribution is 0.255. The zero-order valence-electron chi connectivity index (χ0n) is 12.8. The second-order valence-electron chi connectivity index (χ2n) is 5.67. The molecule has 3 unspecified atom stereocenters. The van der Waals surface area contributed by atoms with Crippen LogP contribution in [-0.4, -0.2) is 27.9 Å². The first-order chi connectivity index (χ1) is 8.53.